The molecule has 1 atom stereocenters. The molecule has 0 spiro atoms. The van der Waals surface area contributed by atoms with Gasteiger partial charge in [0.15, 0.2) is 11.6 Å². The average molecular weight is 242 g/mol. The first kappa shape index (κ1) is 14.1. The molecule has 0 aromatic heterocycles. The molecule has 1 aromatic carbocycles. The topological polar surface area (TPSA) is 34.1 Å². The summed E-state index contributed by atoms with van der Waals surface area (Å²) >= 11 is 0. The van der Waals surface area contributed by atoms with E-state index < -0.39 is 0 Å². The maximum atomic E-state index is 11.7. The van der Waals surface area contributed by atoms with Crippen molar-refractivity contribution in [3.63, 3.8) is 0 Å². The number of carbonyl (C=O) groups is 2. The molecular formula is C16H18O2. The summed E-state index contributed by atoms with van der Waals surface area (Å²) in [4.78, 5) is 23.2. The average Bonchev–Trinajstić information content (AvgIpc) is 2.38. The Morgan fingerprint density at radius 3 is 2.44 bits per heavy atom. The number of rotatable bonds is 6. The van der Waals surface area contributed by atoms with Gasteiger partial charge in [-0.25, -0.2) is 0 Å². The summed E-state index contributed by atoms with van der Waals surface area (Å²) in [5, 5.41) is 0. The monoisotopic (exact) mass is 242 g/mol. The molecule has 18 heavy (non-hydrogen) atoms. The molecule has 0 aliphatic heterocycles. The maximum absolute atomic E-state index is 11.7. The van der Waals surface area contributed by atoms with Crippen LogP contribution >= 0.6 is 0 Å². The van der Waals surface area contributed by atoms with E-state index in [4.69, 9.17) is 0 Å². The van der Waals surface area contributed by atoms with Crippen LogP contribution in [0.25, 0.3) is 6.08 Å². The van der Waals surface area contributed by atoms with Gasteiger partial charge in [0, 0.05) is 12.3 Å². The van der Waals surface area contributed by atoms with E-state index in [2.05, 4.69) is 0 Å². The van der Waals surface area contributed by atoms with Crippen LogP contribution in [0.3, 0.4) is 0 Å². The summed E-state index contributed by atoms with van der Waals surface area (Å²) in [6, 6.07) is 9.62. The fourth-order valence-corrected chi connectivity index (χ4v) is 1.55. The van der Waals surface area contributed by atoms with Gasteiger partial charge in [0.2, 0.25) is 0 Å². The van der Waals surface area contributed by atoms with Crippen LogP contribution in [-0.2, 0) is 9.59 Å². The lowest BCUT2D eigenvalue weighted by molar-refractivity contribution is -0.122. The SMILES string of the molecule is C/C=C/C(=O)C(C)CC(=O)/C=C/c1ccccc1. The Hall–Kier alpha value is -1.96. The van der Waals surface area contributed by atoms with Crippen molar-refractivity contribution in [1.29, 1.82) is 0 Å². The summed E-state index contributed by atoms with van der Waals surface area (Å²) in [6.45, 7) is 3.57. The minimum absolute atomic E-state index is 0.000962. The fourth-order valence-electron chi connectivity index (χ4n) is 1.55. The first-order valence-corrected chi connectivity index (χ1v) is 6.06. The highest BCUT2D eigenvalue weighted by atomic mass is 16.1. The lowest BCUT2D eigenvalue weighted by atomic mass is 9.99. The van der Waals surface area contributed by atoms with E-state index in [0.717, 1.165) is 5.56 Å². The van der Waals surface area contributed by atoms with Crippen LogP contribution in [0.2, 0.25) is 0 Å². The highest BCUT2D eigenvalue weighted by Crippen LogP contribution is 2.08. The van der Waals surface area contributed by atoms with Crippen LogP contribution in [0.5, 0.6) is 0 Å². The molecule has 0 amide bonds. The zero-order valence-electron chi connectivity index (χ0n) is 10.8. The molecule has 0 aliphatic rings. The van der Waals surface area contributed by atoms with Gasteiger partial charge in [0.25, 0.3) is 0 Å². The lowest BCUT2D eigenvalue weighted by Crippen LogP contribution is -2.11. The summed E-state index contributed by atoms with van der Waals surface area (Å²) < 4.78 is 0. The van der Waals surface area contributed by atoms with E-state index in [1.807, 2.05) is 30.3 Å². The number of hydrogen-bond donors (Lipinski definition) is 0. The Morgan fingerprint density at radius 2 is 1.83 bits per heavy atom. The van der Waals surface area contributed by atoms with Crippen molar-refractivity contribution < 1.29 is 9.59 Å². The number of carbonyl (C=O) groups excluding carboxylic acids is 2. The zero-order valence-corrected chi connectivity index (χ0v) is 10.8. The molecule has 0 fully saturated rings. The van der Waals surface area contributed by atoms with E-state index in [1.165, 1.54) is 12.2 Å². The smallest absolute Gasteiger partial charge is 0.158 e. The highest BCUT2D eigenvalue weighted by molar-refractivity contribution is 5.99. The Morgan fingerprint density at radius 1 is 1.17 bits per heavy atom. The van der Waals surface area contributed by atoms with Gasteiger partial charge in [-0.1, -0.05) is 49.4 Å². The summed E-state index contributed by atoms with van der Waals surface area (Å²) in [5.74, 6) is -0.280. The number of allylic oxidation sites excluding steroid dienone is 3. The highest BCUT2D eigenvalue weighted by Gasteiger charge is 2.12. The van der Waals surface area contributed by atoms with Crippen molar-refractivity contribution in [2.24, 2.45) is 5.92 Å². The minimum Gasteiger partial charge on any atom is -0.295 e. The maximum Gasteiger partial charge on any atom is 0.158 e. The third kappa shape index (κ3) is 4.91. The van der Waals surface area contributed by atoms with Gasteiger partial charge in [-0.3, -0.25) is 9.59 Å². The summed E-state index contributed by atoms with van der Waals surface area (Å²) in [6.07, 6.45) is 6.78. The molecule has 2 heteroatoms. The van der Waals surface area contributed by atoms with Crippen LogP contribution in [0.4, 0.5) is 0 Å². The van der Waals surface area contributed by atoms with Crippen molar-refractivity contribution in [1.82, 2.24) is 0 Å². The van der Waals surface area contributed by atoms with Gasteiger partial charge < -0.3 is 0 Å². The molecule has 0 heterocycles. The van der Waals surface area contributed by atoms with Crippen molar-refractivity contribution in [3.05, 3.63) is 54.1 Å². The molecule has 0 saturated carbocycles. The number of ketones is 2. The number of benzene rings is 1. The van der Waals surface area contributed by atoms with Gasteiger partial charge in [-0.2, -0.15) is 0 Å². The molecule has 1 unspecified atom stereocenters. The largest absolute Gasteiger partial charge is 0.295 e. The molecule has 0 bridgehead atoms. The first-order valence-electron chi connectivity index (χ1n) is 6.06. The molecule has 1 rings (SSSR count). The number of hydrogen-bond acceptors (Lipinski definition) is 2. The molecular weight excluding hydrogens is 224 g/mol. The van der Waals surface area contributed by atoms with Crippen molar-refractivity contribution >= 4 is 17.6 Å². The molecule has 2 nitrogen and oxygen atoms in total. The summed E-state index contributed by atoms with van der Waals surface area (Å²) in [5.41, 5.74) is 0.985. The second kappa shape index (κ2) is 7.38. The van der Waals surface area contributed by atoms with Crippen LogP contribution in [-0.4, -0.2) is 11.6 Å². The molecule has 0 saturated heterocycles. The Balaban J connectivity index is 2.52. The standard InChI is InChI=1S/C16H18O2/c1-3-7-16(18)13(2)12-15(17)11-10-14-8-5-4-6-9-14/h3-11,13H,12H2,1-2H3/b7-3+,11-10+. The molecule has 0 N–H and O–H groups in total. The Kier molecular flexibility index (Phi) is 5.78. The first-order chi connectivity index (χ1) is 8.63. The zero-order chi connectivity index (χ0) is 13.4. The summed E-state index contributed by atoms with van der Waals surface area (Å²) in [7, 11) is 0. The second-order valence-corrected chi connectivity index (χ2v) is 4.22. The Bertz CT molecular complexity index is 455. The van der Waals surface area contributed by atoms with Crippen LogP contribution in [0.15, 0.2) is 48.6 Å². The third-order valence-corrected chi connectivity index (χ3v) is 2.59. The van der Waals surface area contributed by atoms with E-state index in [-0.39, 0.29) is 23.9 Å². The van der Waals surface area contributed by atoms with Crippen molar-refractivity contribution in [2.75, 3.05) is 0 Å². The fraction of sp³-hybridized carbons (Fsp3) is 0.250. The van der Waals surface area contributed by atoms with Gasteiger partial charge in [-0.15, -0.1) is 0 Å². The molecule has 1 aromatic rings. The predicted octanol–water partition coefficient (Wildman–Crippen LogP) is 3.44. The molecule has 0 radical (unpaired) electrons. The van der Waals surface area contributed by atoms with E-state index in [0.29, 0.717) is 0 Å². The quantitative estimate of drug-likeness (QED) is 0.716. The van der Waals surface area contributed by atoms with Gasteiger partial charge in [0.05, 0.1) is 0 Å². The van der Waals surface area contributed by atoms with Gasteiger partial charge in [-0.05, 0) is 24.6 Å². The van der Waals surface area contributed by atoms with Crippen molar-refractivity contribution in [3.8, 4) is 0 Å². The van der Waals surface area contributed by atoms with E-state index in [9.17, 15) is 9.59 Å². The van der Waals surface area contributed by atoms with Crippen LogP contribution in [0, 0.1) is 5.92 Å². The van der Waals surface area contributed by atoms with Gasteiger partial charge >= 0.3 is 0 Å². The second-order valence-electron chi connectivity index (χ2n) is 4.22. The van der Waals surface area contributed by atoms with E-state index >= 15 is 0 Å². The molecule has 0 aliphatic carbocycles. The molecule has 94 valence electrons. The van der Waals surface area contributed by atoms with Crippen LogP contribution < -0.4 is 0 Å². The van der Waals surface area contributed by atoms with Crippen LogP contribution in [0.1, 0.15) is 25.8 Å². The van der Waals surface area contributed by atoms with Crippen molar-refractivity contribution in [2.45, 2.75) is 20.3 Å². The lowest BCUT2D eigenvalue weighted by Gasteiger charge is -2.03. The minimum atomic E-state index is -0.255. The van der Waals surface area contributed by atoms with E-state index in [1.54, 1.807) is 26.0 Å². The normalized spacial score (nSPS) is 13.0. The Labute approximate surface area is 108 Å². The van der Waals surface area contributed by atoms with Gasteiger partial charge in [0.1, 0.15) is 0 Å². The third-order valence-electron chi connectivity index (χ3n) is 2.59. The predicted molar refractivity (Wildman–Crippen MR) is 74.1 cm³/mol.